The molecule has 0 spiro atoms. The van der Waals surface area contributed by atoms with E-state index < -0.39 is 22.0 Å². The van der Waals surface area contributed by atoms with Gasteiger partial charge in [-0.3, -0.25) is 4.79 Å². The summed E-state index contributed by atoms with van der Waals surface area (Å²) in [6, 6.07) is 8.13. The number of benzene rings is 1. The molecule has 0 saturated heterocycles. The van der Waals surface area contributed by atoms with Gasteiger partial charge in [-0.1, -0.05) is 34.8 Å². The van der Waals surface area contributed by atoms with Crippen LogP contribution in [0, 0.1) is 0 Å². The molecule has 1 aromatic carbocycles. The highest BCUT2D eigenvalue weighted by molar-refractivity contribution is 8.06. The van der Waals surface area contributed by atoms with E-state index in [1.165, 1.54) is 6.92 Å². The summed E-state index contributed by atoms with van der Waals surface area (Å²) in [4.78, 5) is 12.0. The largest absolute Gasteiger partial charge is 0.289 e. The van der Waals surface area contributed by atoms with Crippen LogP contribution in [0.2, 0.25) is 0 Å². The zero-order chi connectivity index (χ0) is 13.3. The molecule has 0 aliphatic carbocycles. The van der Waals surface area contributed by atoms with Gasteiger partial charge in [0.05, 0.1) is 0 Å². The van der Waals surface area contributed by atoms with Gasteiger partial charge in [0, 0.05) is 11.1 Å². The molecule has 0 amide bonds. The summed E-state index contributed by atoms with van der Waals surface area (Å²) in [5, 5.41) is -2.11. The Bertz CT molecular complexity index is 554. The van der Waals surface area contributed by atoms with Crippen molar-refractivity contribution in [2.24, 2.45) is 0 Å². The fraction of sp³-hybridized carbons (Fsp3) is 0.0833. The van der Waals surface area contributed by atoms with Crippen LogP contribution in [0.3, 0.4) is 0 Å². The van der Waals surface area contributed by atoms with E-state index >= 15 is 0 Å². The highest BCUT2D eigenvalue weighted by Gasteiger charge is 2.33. The summed E-state index contributed by atoms with van der Waals surface area (Å²) < 4.78 is 39.0. The van der Waals surface area contributed by atoms with Crippen molar-refractivity contribution in [2.45, 2.75) is 6.92 Å². The Labute approximate surface area is 106 Å². The zero-order valence-electron chi connectivity index (χ0n) is 9.28. The Balaban J connectivity index is 2.34. The van der Waals surface area contributed by atoms with Crippen molar-refractivity contribution in [1.29, 1.82) is 0 Å². The van der Waals surface area contributed by atoms with Crippen molar-refractivity contribution in [1.82, 2.24) is 5.12 Å². The van der Waals surface area contributed by atoms with Crippen LogP contribution in [-0.4, -0.2) is 10.9 Å². The second-order valence-corrected chi connectivity index (χ2v) is 4.52. The molecule has 18 heavy (non-hydrogen) atoms. The molecule has 0 bridgehead atoms. The molecule has 2 rings (SSSR count). The lowest BCUT2D eigenvalue weighted by atomic mass is 10.1. The first-order valence-corrected chi connectivity index (χ1v) is 5.83. The summed E-state index contributed by atoms with van der Waals surface area (Å²) in [7, 11) is 0. The number of hydrogen-bond donors (Lipinski definition) is 0. The molecule has 0 saturated carbocycles. The highest BCUT2D eigenvalue weighted by Crippen LogP contribution is 2.44. The van der Waals surface area contributed by atoms with Crippen molar-refractivity contribution >= 4 is 17.5 Å². The Morgan fingerprint density at radius 1 is 1.22 bits per heavy atom. The molecule has 1 heterocycles. The van der Waals surface area contributed by atoms with Gasteiger partial charge in [-0.05, 0) is 18.7 Å². The van der Waals surface area contributed by atoms with E-state index in [2.05, 4.69) is 0 Å². The first-order chi connectivity index (χ1) is 8.52. The van der Waals surface area contributed by atoms with Crippen molar-refractivity contribution in [2.75, 3.05) is 0 Å². The second kappa shape index (κ2) is 4.89. The molecule has 0 unspecified atom stereocenters. The lowest BCUT2D eigenvalue weighted by molar-refractivity contribution is 0.0889. The first kappa shape index (κ1) is 12.8. The van der Waals surface area contributed by atoms with Crippen molar-refractivity contribution in [3.8, 4) is 0 Å². The zero-order valence-corrected chi connectivity index (χ0v) is 10.1. The third kappa shape index (κ3) is 2.15. The third-order valence-electron chi connectivity index (χ3n) is 2.40. The first-order valence-electron chi connectivity index (χ1n) is 5.02. The van der Waals surface area contributed by atoms with Gasteiger partial charge in [0.1, 0.15) is 5.03 Å². The summed E-state index contributed by atoms with van der Waals surface area (Å²) in [5.74, 6) is -2.08. The van der Waals surface area contributed by atoms with Crippen molar-refractivity contribution in [3.05, 3.63) is 57.6 Å². The minimum absolute atomic E-state index is 0.0449. The van der Waals surface area contributed by atoms with Crippen LogP contribution in [0.15, 0.2) is 52.0 Å². The Morgan fingerprint density at radius 2 is 1.83 bits per heavy atom. The minimum atomic E-state index is -1.62. The lowest BCUT2D eigenvalue weighted by Gasteiger charge is -2.09. The van der Waals surface area contributed by atoms with E-state index in [0.29, 0.717) is 5.56 Å². The topological polar surface area (TPSA) is 20.3 Å². The van der Waals surface area contributed by atoms with Gasteiger partial charge in [-0.15, -0.1) is 5.12 Å². The van der Waals surface area contributed by atoms with Gasteiger partial charge < -0.3 is 0 Å². The molecule has 2 nitrogen and oxygen atoms in total. The number of hydrogen-bond acceptors (Lipinski definition) is 3. The minimum Gasteiger partial charge on any atom is -0.289 e. The van der Waals surface area contributed by atoms with Crippen molar-refractivity contribution < 1.29 is 18.1 Å². The number of carbonyl (C=O) groups excluding carboxylic acids is 1. The maximum absolute atomic E-state index is 13.3. The van der Waals surface area contributed by atoms with Crippen molar-refractivity contribution in [3.63, 3.8) is 0 Å². The predicted octanol–water partition coefficient (Wildman–Crippen LogP) is 4.10. The van der Waals surface area contributed by atoms with Crippen LogP contribution < -0.4 is 0 Å². The summed E-state index contributed by atoms with van der Waals surface area (Å²) in [5.41, 5.74) is 0.292. The number of thioether (sulfide) groups is 1. The van der Waals surface area contributed by atoms with E-state index in [1.54, 1.807) is 30.3 Å². The van der Waals surface area contributed by atoms with E-state index in [4.69, 9.17) is 0 Å². The smallest absolute Gasteiger partial charge is 0.265 e. The lowest BCUT2D eigenvalue weighted by Crippen LogP contribution is -2.09. The number of allylic oxidation sites excluding steroid dienone is 1. The molecule has 6 heteroatoms. The van der Waals surface area contributed by atoms with Gasteiger partial charge in [0.2, 0.25) is 5.16 Å². The SMILES string of the molecule is CC(C(=O)c1ccccc1)=C1SC(F)=C(F)N1F. The van der Waals surface area contributed by atoms with Crippen LogP contribution >= 0.6 is 11.8 Å². The summed E-state index contributed by atoms with van der Waals surface area (Å²) >= 11 is 0.261. The van der Waals surface area contributed by atoms with E-state index in [0.717, 1.165) is 0 Å². The monoisotopic (exact) mass is 271 g/mol. The van der Waals surface area contributed by atoms with E-state index in [-0.39, 0.29) is 22.4 Å². The Hall–Kier alpha value is -1.69. The average Bonchev–Trinajstić information content (AvgIpc) is 2.66. The number of Topliss-reactive ketones (excluding diaryl/α,β-unsaturated/α-hetero) is 1. The number of halogens is 3. The molecular formula is C12H8F3NOS. The number of rotatable bonds is 2. The van der Waals surface area contributed by atoms with Crippen LogP contribution in [0.25, 0.3) is 0 Å². The summed E-state index contributed by atoms with van der Waals surface area (Å²) in [6.07, 6.45) is 0. The number of carbonyl (C=O) groups is 1. The number of nitrogens with zero attached hydrogens (tertiary/aromatic N) is 1. The van der Waals surface area contributed by atoms with Crippen LogP contribution in [0.1, 0.15) is 17.3 Å². The molecule has 0 radical (unpaired) electrons. The van der Waals surface area contributed by atoms with Crippen LogP contribution in [0.5, 0.6) is 0 Å². The molecule has 0 atom stereocenters. The van der Waals surface area contributed by atoms with Gasteiger partial charge in [-0.25, -0.2) is 0 Å². The quantitative estimate of drug-likeness (QED) is 0.349. The molecule has 1 aliphatic heterocycles. The fourth-order valence-electron chi connectivity index (χ4n) is 1.46. The van der Waals surface area contributed by atoms with Gasteiger partial charge in [0.25, 0.3) is 5.95 Å². The maximum atomic E-state index is 13.3. The fourth-order valence-corrected chi connectivity index (χ4v) is 2.20. The molecule has 0 aromatic heterocycles. The second-order valence-electron chi connectivity index (χ2n) is 3.57. The third-order valence-corrected chi connectivity index (χ3v) is 3.40. The maximum Gasteiger partial charge on any atom is 0.265 e. The molecule has 0 N–H and O–H groups in total. The number of ketones is 1. The molecule has 1 aromatic rings. The Kier molecular flexibility index (Phi) is 3.47. The average molecular weight is 271 g/mol. The molecule has 94 valence electrons. The van der Waals surface area contributed by atoms with Crippen LogP contribution in [0.4, 0.5) is 13.3 Å². The van der Waals surface area contributed by atoms with Gasteiger partial charge in [0.15, 0.2) is 5.78 Å². The van der Waals surface area contributed by atoms with E-state index in [1.807, 2.05) is 0 Å². The predicted molar refractivity (Wildman–Crippen MR) is 63.3 cm³/mol. The van der Waals surface area contributed by atoms with Crippen LogP contribution in [-0.2, 0) is 0 Å². The standard InChI is InChI=1S/C12H8F3NOS/c1-7(9(17)8-5-3-2-4-6-8)12-16(15)10(13)11(14)18-12/h2-6H,1H3. The normalized spacial score (nSPS) is 18.3. The van der Waals surface area contributed by atoms with E-state index in [9.17, 15) is 18.1 Å². The van der Waals surface area contributed by atoms with Gasteiger partial charge in [-0.2, -0.15) is 8.78 Å². The summed E-state index contributed by atoms with van der Waals surface area (Å²) in [6.45, 7) is 1.33. The Morgan fingerprint density at radius 3 is 2.33 bits per heavy atom. The molecule has 1 aliphatic rings. The molecule has 0 fully saturated rings. The van der Waals surface area contributed by atoms with Gasteiger partial charge >= 0.3 is 0 Å². The highest BCUT2D eigenvalue weighted by atomic mass is 32.2. The molecular weight excluding hydrogens is 263 g/mol.